The van der Waals surface area contributed by atoms with Crippen molar-refractivity contribution >= 4 is 23.2 Å². The summed E-state index contributed by atoms with van der Waals surface area (Å²) in [6, 6.07) is 10.3. The van der Waals surface area contributed by atoms with Gasteiger partial charge in [-0.2, -0.15) is 5.26 Å². The summed E-state index contributed by atoms with van der Waals surface area (Å²) < 4.78 is 5.29. The number of nitriles is 1. The molecule has 0 aliphatic rings. The van der Waals surface area contributed by atoms with E-state index in [1.54, 1.807) is 24.3 Å². The number of hydrogen-bond acceptors (Lipinski definition) is 5. The Bertz CT molecular complexity index is 791. The Balaban J connectivity index is 1.79. The van der Waals surface area contributed by atoms with Gasteiger partial charge < -0.3 is 4.74 Å². The van der Waals surface area contributed by atoms with Gasteiger partial charge in [-0.15, -0.1) is 11.3 Å². The first-order valence-corrected chi connectivity index (χ1v) is 8.66. The van der Waals surface area contributed by atoms with Crippen molar-refractivity contribution < 1.29 is 14.3 Å². The van der Waals surface area contributed by atoms with Crippen LogP contribution >= 0.6 is 11.3 Å². The average Bonchev–Trinajstić information content (AvgIpc) is 2.99. The Labute approximate surface area is 150 Å². The molecule has 0 aliphatic heterocycles. The van der Waals surface area contributed by atoms with E-state index in [1.165, 1.54) is 11.3 Å². The Morgan fingerprint density at radius 3 is 2.60 bits per heavy atom. The van der Waals surface area contributed by atoms with Crippen molar-refractivity contribution in [2.24, 2.45) is 0 Å². The molecule has 0 atom stereocenters. The van der Waals surface area contributed by atoms with E-state index >= 15 is 0 Å². The summed E-state index contributed by atoms with van der Waals surface area (Å²) in [6.45, 7) is 3.83. The van der Waals surface area contributed by atoms with Crippen molar-refractivity contribution in [1.82, 2.24) is 10.9 Å². The second-order valence-corrected chi connectivity index (χ2v) is 6.63. The first-order valence-electron chi connectivity index (χ1n) is 7.85. The van der Waals surface area contributed by atoms with Crippen LogP contribution in [0.25, 0.3) is 0 Å². The molecule has 2 rings (SSSR count). The van der Waals surface area contributed by atoms with E-state index < -0.39 is 5.91 Å². The quantitative estimate of drug-likeness (QED) is 0.778. The van der Waals surface area contributed by atoms with Gasteiger partial charge >= 0.3 is 0 Å². The number of rotatable bonds is 6. The van der Waals surface area contributed by atoms with E-state index in [2.05, 4.69) is 17.8 Å². The van der Waals surface area contributed by atoms with Gasteiger partial charge in [0.25, 0.3) is 11.8 Å². The summed E-state index contributed by atoms with van der Waals surface area (Å²) in [5.41, 5.74) is 6.38. The molecule has 25 heavy (non-hydrogen) atoms. The number of ether oxygens (including phenoxy) is 1. The molecule has 0 bridgehead atoms. The zero-order valence-corrected chi connectivity index (χ0v) is 14.9. The van der Waals surface area contributed by atoms with E-state index in [1.807, 2.05) is 19.1 Å². The molecule has 0 unspecified atom stereocenters. The third-order valence-corrected chi connectivity index (χ3v) is 4.52. The van der Waals surface area contributed by atoms with E-state index in [-0.39, 0.29) is 12.5 Å². The third kappa shape index (κ3) is 5.33. The first kappa shape index (κ1) is 18.5. The number of amides is 2. The van der Waals surface area contributed by atoms with Gasteiger partial charge in [-0.25, -0.2) is 0 Å². The minimum Gasteiger partial charge on any atom is -0.484 e. The highest BCUT2D eigenvalue weighted by molar-refractivity contribution is 7.14. The van der Waals surface area contributed by atoms with Gasteiger partial charge in [-0.1, -0.05) is 13.3 Å². The number of carbonyl (C=O) groups is 2. The predicted molar refractivity (Wildman–Crippen MR) is 95.3 cm³/mol. The van der Waals surface area contributed by atoms with Crippen LogP contribution in [-0.2, 0) is 11.2 Å². The lowest BCUT2D eigenvalue weighted by molar-refractivity contribution is -0.123. The Morgan fingerprint density at radius 2 is 1.96 bits per heavy atom. The number of benzene rings is 1. The van der Waals surface area contributed by atoms with Crippen molar-refractivity contribution in [3.63, 3.8) is 0 Å². The topological polar surface area (TPSA) is 91.2 Å². The molecule has 2 amide bonds. The molecule has 1 aromatic heterocycles. The minimum absolute atomic E-state index is 0.239. The second-order valence-electron chi connectivity index (χ2n) is 5.37. The normalized spacial score (nSPS) is 9.96. The van der Waals surface area contributed by atoms with Crippen LogP contribution in [-0.4, -0.2) is 18.4 Å². The lowest BCUT2D eigenvalue weighted by Crippen LogP contribution is -2.43. The number of nitrogens with one attached hydrogen (secondary N) is 2. The molecule has 2 aromatic rings. The summed E-state index contributed by atoms with van der Waals surface area (Å²) in [7, 11) is 0. The molecule has 1 aromatic carbocycles. The highest BCUT2D eigenvalue weighted by Gasteiger charge is 2.13. The largest absolute Gasteiger partial charge is 0.484 e. The van der Waals surface area contributed by atoms with E-state index in [0.717, 1.165) is 23.3 Å². The highest BCUT2D eigenvalue weighted by Crippen LogP contribution is 2.22. The maximum atomic E-state index is 12.1. The maximum absolute atomic E-state index is 12.1. The van der Waals surface area contributed by atoms with Crippen molar-refractivity contribution in [1.29, 1.82) is 5.26 Å². The van der Waals surface area contributed by atoms with Crippen molar-refractivity contribution in [2.75, 3.05) is 6.61 Å². The number of hydrogen-bond donors (Lipinski definition) is 2. The van der Waals surface area contributed by atoms with Gasteiger partial charge in [0, 0.05) is 4.88 Å². The Hall–Kier alpha value is -2.85. The molecule has 0 saturated heterocycles. The smallest absolute Gasteiger partial charge is 0.279 e. The minimum atomic E-state index is -0.472. The van der Waals surface area contributed by atoms with E-state index in [4.69, 9.17) is 10.00 Å². The molecule has 0 spiro atoms. The Kier molecular flexibility index (Phi) is 6.54. The molecule has 0 aliphatic carbocycles. The van der Waals surface area contributed by atoms with E-state index in [9.17, 15) is 9.59 Å². The molecule has 6 nitrogen and oxygen atoms in total. The van der Waals surface area contributed by atoms with Crippen LogP contribution in [0.3, 0.4) is 0 Å². The van der Waals surface area contributed by atoms with Crippen LogP contribution in [0.5, 0.6) is 5.75 Å². The molecule has 0 saturated carbocycles. The van der Waals surface area contributed by atoms with Crippen LogP contribution < -0.4 is 15.6 Å². The van der Waals surface area contributed by atoms with Crippen molar-refractivity contribution in [3.8, 4) is 11.8 Å². The standard InChI is InChI=1S/C18H19N3O3S/c1-3-4-14-9-16(25-12(14)2)18(23)21-20-17(22)11-24-15-7-5-13(10-19)6-8-15/h5-9H,3-4,11H2,1-2H3,(H,20,22)(H,21,23). The lowest BCUT2D eigenvalue weighted by Gasteiger charge is -2.08. The van der Waals surface area contributed by atoms with Crippen molar-refractivity contribution in [3.05, 3.63) is 51.2 Å². The van der Waals surface area contributed by atoms with E-state index in [0.29, 0.717) is 16.2 Å². The number of carbonyl (C=O) groups excluding carboxylic acids is 2. The summed E-state index contributed by atoms with van der Waals surface area (Å²) >= 11 is 1.41. The second kappa shape index (κ2) is 8.85. The first-order chi connectivity index (χ1) is 12.0. The van der Waals surface area contributed by atoms with Crippen LogP contribution in [0.15, 0.2) is 30.3 Å². The van der Waals surface area contributed by atoms with Gasteiger partial charge in [0.2, 0.25) is 0 Å². The van der Waals surface area contributed by atoms with Gasteiger partial charge in [-0.3, -0.25) is 20.4 Å². The van der Waals surface area contributed by atoms with Gasteiger partial charge in [0.1, 0.15) is 5.75 Å². The monoisotopic (exact) mass is 357 g/mol. The third-order valence-electron chi connectivity index (χ3n) is 3.43. The molecule has 0 radical (unpaired) electrons. The number of hydrazine groups is 1. The molecule has 0 fully saturated rings. The zero-order valence-electron chi connectivity index (χ0n) is 14.1. The van der Waals surface area contributed by atoms with Crippen LogP contribution in [0.4, 0.5) is 0 Å². The van der Waals surface area contributed by atoms with Gasteiger partial charge in [-0.05, 0) is 49.2 Å². The van der Waals surface area contributed by atoms with Gasteiger partial charge in [0.15, 0.2) is 6.61 Å². The van der Waals surface area contributed by atoms with Crippen LogP contribution in [0.1, 0.15) is 39.0 Å². The lowest BCUT2D eigenvalue weighted by atomic mass is 10.1. The number of aryl methyl sites for hydroxylation is 2. The SMILES string of the molecule is CCCc1cc(C(=O)NNC(=O)COc2ccc(C#N)cc2)sc1C. The van der Waals surface area contributed by atoms with Crippen LogP contribution in [0.2, 0.25) is 0 Å². The molecule has 1 heterocycles. The fourth-order valence-corrected chi connectivity index (χ4v) is 3.11. The van der Waals surface area contributed by atoms with Gasteiger partial charge in [0.05, 0.1) is 16.5 Å². The number of thiophene rings is 1. The molecule has 2 N–H and O–H groups in total. The fraction of sp³-hybridized carbons (Fsp3) is 0.278. The Morgan fingerprint density at radius 1 is 1.24 bits per heavy atom. The van der Waals surface area contributed by atoms with Crippen molar-refractivity contribution in [2.45, 2.75) is 26.7 Å². The maximum Gasteiger partial charge on any atom is 0.279 e. The zero-order chi connectivity index (χ0) is 18.2. The fourth-order valence-electron chi connectivity index (χ4n) is 2.15. The average molecular weight is 357 g/mol. The summed E-state index contributed by atoms with van der Waals surface area (Å²) in [5, 5.41) is 8.72. The predicted octanol–water partition coefficient (Wildman–Crippen LogP) is 2.72. The molecule has 7 heteroatoms. The number of nitrogens with zero attached hydrogens (tertiary/aromatic N) is 1. The summed E-state index contributed by atoms with van der Waals surface area (Å²) in [5.74, 6) is -0.347. The molecule has 130 valence electrons. The summed E-state index contributed by atoms with van der Waals surface area (Å²) in [6.07, 6.45) is 1.95. The molecular formula is C18H19N3O3S. The van der Waals surface area contributed by atoms with Crippen LogP contribution in [0, 0.1) is 18.3 Å². The highest BCUT2D eigenvalue weighted by atomic mass is 32.1. The summed E-state index contributed by atoms with van der Waals surface area (Å²) in [4.78, 5) is 25.5. The molecular weight excluding hydrogens is 338 g/mol.